The molecule has 0 aromatic heterocycles. The number of amidine groups is 1. The molecule has 1 N–H and O–H groups in total. The number of hydrogen-bond donors (Lipinski definition) is 1. The van der Waals surface area contributed by atoms with Crippen LogP contribution < -0.4 is 0 Å². The number of hydrogen-bond acceptors (Lipinski definition) is 4. The van der Waals surface area contributed by atoms with Crippen molar-refractivity contribution in [2.75, 3.05) is 19.9 Å². The van der Waals surface area contributed by atoms with Gasteiger partial charge in [-0.1, -0.05) is 17.7 Å². The third-order valence-corrected chi connectivity index (χ3v) is 5.73. The van der Waals surface area contributed by atoms with Gasteiger partial charge in [0.2, 0.25) is 6.79 Å². The van der Waals surface area contributed by atoms with Crippen molar-refractivity contribution in [2.24, 2.45) is 5.92 Å². The quantitative estimate of drug-likeness (QED) is 0.661. The molecule has 2 fully saturated rings. The maximum Gasteiger partial charge on any atom is 0.231 e. The Morgan fingerprint density at radius 3 is 3.09 bits per heavy atom. The third kappa shape index (κ3) is 2.25. The van der Waals surface area contributed by atoms with Crippen molar-refractivity contribution in [3.05, 3.63) is 46.0 Å². The highest BCUT2D eigenvalue weighted by Crippen LogP contribution is 2.60. The summed E-state index contributed by atoms with van der Waals surface area (Å²) in [7, 11) is 0. The van der Waals surface area contributed by atoms with Gasteiger partial charge in [0, 0.05) is 23.5 Å². The van der Waals surface area contributed by atoms with Gasteiger partial charge in [0.05, 0.1) is 0 Å². The highest BCUT2D eigenvalue weighted by atomic mass is 35.5. The molecular weight excluding hydrogens is 327 g/mol. The predicted molar refractivity (Wildman–Crippen MR) is 83.2 cm³/mol. The standard InChI is InChI=1S/C15H14ClFN2O2S/c16-12-3-10(17)1-2-11(12)15-4-9(15)5-19(7-15)14(18)22-13-6-20-8-21-13/h1-3,6,9,18H,4-5,7-8H2. The van der Waals surface area contributed by atoms with Crippen LogP contribution in [0.3, 0.4) is 0 Å². The van der Waals surface area contributed by atoms with Gasteiger partial charge in [0.25, 0.3) is 0 Å². The zero-order valence-corrected chi connectivity index (χ0v) is 13.2. The SMILES string of the molecule is N=C(SC1=COCO1)N1CC2CC2(c2ccc(F)cc2Cl)C1. The van der Waals surface area contributed by atoms with Gasteiger partial charge in [-0.15, -0.1) is 0 Å². The molecule has 4 nitrogen and oxygen atoms in total. The molecule has 0 bridgehead atoms. The largest absolute Gasteiger partial charge is 0.461 e. The molecular formula is C15H14ClFN2O2S. The number of piperidine rings is 1. The monoisotopic (exact) mass is 340 g/mol. The lowest BCUT2D eigenvalue weighted by atomic mass is 9.95. The first kappa shape index (κ1) is 14.2. The van der Waals surface area contributed by atoms with Crippen LogP contribution in [0.15, 0.2) is 29.6 Å². The number of benzene rings is 1. The van der Waals surface area contributed by atoms with Gasteiger partial charge in [-0.2, -0.15) is 0 Å². The van der Waals surface area contributed by atoms with Crippen LogP contribution in [0.1, 0.15) is 12.0 Å². The fourth-order valence-corrected chi connectivity index (χ4v) is 4.43. The number of nitrogens with one attached hydrogen (secondary N) is 1. The Morgan fingerprint density at radius 1 is 1.50 bits per heavy atom. The molecule has 1 saturated heterocycles. The molecule has 1 aromatic carbocycles. The van der Waals surface area contributed by atoms with Gasteiger partial charge < -0.3 is 14.4 Å². The number of nitrogens with zero attached hydrogens (tertiary/aromatic N) is 1. The van der Waals surface area contributed by atoms with E-state index in [2.05, 4.69) is 0 Å². The zero-order valence-electron chi connectivity index (χ0n) is 11.6. The minimum Gasteiger partial charge on any atom is -0.461 e. The van der Waals surface area contributed by atoms with E-state index in [0.29, 0.717) is 21.2 Å². The lowest BCUT2D eigenvalue weighted by Gasteiger charge is -2.23. The molecule has 2 atom stereocenters. The van der Waals surface area contributed by atoms with Crippen LogP contribution in [0.2, 0.25) is 5.02 Å². The summed E-state index contributed by atoms with van der Waals surface area (Å²) >= 11 is 7.49. The first-order chi connectivity index (χ1) is 10.6. The van der Waals surface area contributed by atoms with Crippen molar-refractivity contribution in [1.82, 2.24) is 4.90 Å². The predicted octanol–water partition coefficient (Wildman–Crippen LogP) is 3.52. The lowest BCUT2D eigenvalue weighted by molar-refractivity contribution is 0.0888. The van der Waals surface area contributed by atoms with Gasteiger partial charge in [-0.05, 0) is 41.8 Å². The molecule has 0 amide bonds. The Hall–Kier alpha value is -1.40. The number of halogens is 2. The van der Waals surface area contributed by atoms with E-state index in [1.54, 1.807) is 6.07 Å². The number of ether oxygens (including phenoxy) is 2. The first-order valence-electron chi connectivity index (χ1n) is 7.00. The molecule has 3 aliphatic rings. The summed E-state index contributed by atoms with van der Waals surface area (Å²) in [6.07, 6.45) is 2.58. The minimum atomic E-state index is -0.314. The maximum atomic E-state index is 13.2. The molecule has 2 unspecified atom stereocenters. The average Bonchev–Trinajstić information content (AvgIpc) is 2.87. The van der Waals surface area contributed by atoms with E-state index in [4.69, 9.17) is 26.5 Å². The number of rotatable bonds is 2. The first-order valence-corrected chi connectivity index (χ1v) is 8.19. The molecule has 22 heavy (non-hydrogen) atoms. The van der Waals surface area contributed by atoms with E-state index in [1.807, 2.05) is 4.90 Å². The van der Waals surface area contributed by atoms with Gasteiger partial charge in [0.1, 0.15) is 12.1 Å². The summed E-state index contributed by atoms with van der Waals surface area (Å²) in [5.74, 6) is 0.164. The third-order valence-electron chi connectivity index (χ3n) is 4.55. The minimum absolute atomic E-state index is 0.0287. The van der Waals surface area contributed by atoms with E-state index in [9.17, 15) is 4.39 Å². The van der Waals surface area contributed by atoms with Crippen LogP contribution >= 0.6 is 23.4 Å². The molecule has 4 rings (SSSR count). The highest BCUT2D eigenvalue weighted by Gasteiger charge is 2.62. The smallest absolute Gasteiger partial charge is 0.231 e. The summed E-state index contributed by atoms with van der Waals surface area (Å²) in [4.78, 5) is 2.03. The number of likely N-dealkylation sites (tertiary alicyclic amines) is 1. The van der Waals surface area contributed by atoms with Gasteiger partial charge in [-0.25, -0.2) is 4.39 Å². The van der Waals surface area contributed by atoms with E-state index in [1.165, 1.54) is 30.2 Å². The zero-order chi connectivity index (χ0) is 15.3. The van der Waals surface area contributed by atoms with E-state index in [-0.39, 0.29) is 18.0 Å². The van der Waals surface area contributed by atoms with Crippen molar-refractivity contribution in [2.45, 2.75) is 11.8 Å². The molecule has 2 aliphatic heterocycles. The molecule has 1 aromatic rings. The molecule has 0 spiro atoms. The molecule has 0 radical (unpaired) electrons. The molecule has 2 heterocycles. The second-order valence-electron chi connectivity index (χ2n) is 5.83. The Balaban J connectivity index is 1.49. The van der Waals surface area contributed by atoms with Crippen LogP contribution in [0, 0.1) is 17.1 Å². The van der Waals surface area contributed by atoms with Crippen LogP contribution in [0.25, 0.3) is 0 Å². The second-order valence-corrected chi connectivity index (χ2v) is 7.24. The van der Waals surface area contributed by atoms with Gasteiger partial charge in [0.15, 0.2) is 10.3 Å². The van der Waals surface area contributed by atoms with E-state index >= 15 is 0 Å². The van der Waals surface area contributed by atoms with Crippen LogP contribution in [0.4, 0.5) is 4.39 Å². The maximum absolute atomic E-state index is 13.2. The molecule has 1 aliphatic carbocycles. The van der Waals surface area contributed by atoms with Crippen molar-refractivity contribution in [1.29, 1.82) is 5.41 Å². The summed E-state index contributed by atoms with van der Waals surface area (Å²) in [6.45, 7) is 1.78. The Morgan fingerprint density at radius 2 is 2.36 bits per heavy atom. The summed E-state index contributed by atoms with van der Waals surface area (Å²) < 4.78 is 23.5. The molecule has 7 heteroatoms. The van der Waals surface area contributed by atoms with Crippen LogP contribution in [-0.4, -0.2) is 30.0 Å². The van der Waals surface area contributed by atoms with Crippen molar-refractivity contribution < 1.29 is 13.9 Å². The summed E-state index contributed by atoms with van der Waals surface area (Å²) in [6, 6.07) is 4.62. The van der Waals surface area contributed by atoms with Gasteiger partial charge >= 0.3 is 0 Å². The fraction of sp³-hybridized carbons (Fsp3) is 0.400. The summed E-state index contributed by atoms with van der Waals surface area (Å²) in [5, 5.41) is 9.76. The summed E-state index contributed by atoms with van der Waals surface area (Å²) in [5.41, 5.74) is 0.972. The number of fused-ring (bicyclic) bond motifs is 1. The molecule has 116 valence electrons. The Bertz CT molecular complexity index is 684. The topological polar surface area (TPSA) is 45.6 Å². The second kappa shape index (κ2) is 5.06. The highest BCUT2D eigenvalue weighted by molar-refractivity contribution is 8.16. The molecule has 1 saturated carbocycles. The van der Waals surface area contributed by atoms with E-state index in [0.717, 1.165) is 25.1 Å². The fourth-order valence-electron chi connectivity index (χ4n) is 3.39. The lowest BCUT2D eigenvalue weighted by Crippen LogP contribution is -2.30. The van der Waals surface area contributed by atoms with Gasteiger partial charge in [-0.3, -0.25) is 5.41 Å². The van der Waals surface area contributed by atoms with E-state index < -0.39 is 0 Å². The van der Waals surface area contributed by atoms with Crippen molar-refractivity contribution in [3.63, 3.8) is 0 Å². The average molecular weight is 341 g/mol. The van der Waals surface area contributed by atoms with Crippen LogP contribution in [0.5, 0.6) is 0 Å². The normalized spacial score (nSPS) is 28.7. The number of thioether (sulfide) groups is 1. The van der Waals surface area contributed by atoms with Crippen molar-refractivity contribution >= 4 is 28.5 Å². The van der Waals surface area contributed by atoms with Crippen LogP contribution in [-0.2, 0) is 14.9 Å². The Labute approximate surface area is 136 Å². The Kier molecular flexibility index (Phi) is 3.27. The van der Waals surface area contributed by atoms with Crippen molar-refractivity contribution in [3.8, 4) is 0 Å².